The molecule has 0 aromatic rings. The van der Waals surface area contributed by atoms with E-state index in [2.05, 4.69) is 6.58 Å². The zero-order chi connectivity index (χ0) is 16.1. The lowest BCUT2D eigenvalue weighted by atomic mass is 9.95. The van der Waals surface area contributed by atoms with Crippen LogP contribution in [0.2, 0.25) is 0 Å². The lowest BCUT2D eigenvalue weighted by Crippen LogP contribution is -2.23. The molecular weight excluding hydrogens is 288 g/mol. The summed E-state index contributed by atoms with van der Waals surface area (Å²) in [4.78, 5) is 12.3. The van der Waals surface area contributed by atoms with Crippen LogP contribution in [0.4, 0.5) is 0 Å². The summed E-state index contributed by atoms with van der Waals surface area (Å²) < 4.78 is 11.6. The van der Waals surface area contributed by atoms with Crippen LogP contribution in [0.25, 0.3) is 0 Å². The highest BCUT2D eigenvalue weighted by Gasteiger charge is 2.32. The quantitative estimate of drug-likeness (QED) is 0.614. The van der Waals surface area contributed by atoms with Gasteiger partial charge in [-0.15, -0.1) is 0 Å². The van der Waals surface area contributed by atoms with Crippen LogP contribution in [0.15, 0.2) is 12.2 Å². The molecule has 0 bridgehead atoms. The Hall–Kier alpha value is -0.670. The first-order valence-corrected chi connectivity index (χ1v) is 9.70. The largest absolute Gasteiger partial charge is 0.378 e. The lowest BCUT2D eigenvalue weighted by molar-refractivity contribution is -0.129. The summed E-state index contributed by atoms with van der Waals surface area (Å²) in [5.74, 6) is 1.17. The van der Waals surface area contributed by atoms with Crippen LogP contribution in [0, 0.1) is 5.92 Å². The summed E-state index contributed by atoms with van der Waals surface area (Å²) in [6, 6.07) is 0. The molecule has 3 nitrogen and oxygen atoms in total. The molecule has 3 fully saturated rings. The maximum absolute atomic E-state index is 12.3. The normalized spacial score (nSPS) is 31.7. The van der Waals surface area contributed by atoms with Gasteiger partial charge in [0.25, 0.3) is 0 Å². The monoisotopic (exact) mass is 320 g/mol. The van der Waals surface area contributed by atoms with Gasteiger partial charge in [0, 0.05) is 13.0 Å². The molecule has 3 rings (SSSR count). The van der Waals surface area contributed by atoms with E-state index < -0.39 is 0 Å². The van der Waals surface area contributed by atoms with E-state index in [4.69, 9.17) is 9.47 Å². The number of hydrogen-bond donors (Lipinski definition) is 0. The van der Waals surface area contributed by atoms with Crippen molar-refractivity contribution in [2.24, 2.45) is 5.92 Å². The van der Waals surface area contributed by atoms with E-state index in [9.17, 15) is 4.79 Å². The van der Waals surface area contributed by atoms with Crippen molar-refractivity contribution in [1.29, 1.82) is 0 Å². The predicted molar refractivity (Wildman–Crippen MR) is 91.4 cm³/mol. The van der Waals surface area contributed by atoms with E-state index in [1.165, 1.54) is 37.7 Å². The van der Waals surface area contributed by atoms with Crippen molar-refractivity contribution in [2.45, 2.75) is 95.4 Å². The fourth-order valence-electron chi connectivity index (χ4n) is 4.36. The predicted octanol–water partition coefficient (Wildman–Crippen LogP) is 4.59. The fourth-order valence-corrected chi connectivity index (χ4v) is 4.36. The Morgan fingerprint density at radius 2 is 1.70 bits per heavy atom. The highest BCUT2D eigenvalue weighted by molar-refractivity contribution is 5.83. The highest BCUT2D eigenvalue weighted by atomic mass is 16.5. The standard InChI is InChI=1S/C20H32O3/c1-15(8-9-16-5-2-3-6-16)19-12-13-20(23-19)18(21)11-10-17-7-4-14-22-17/h16-17,19-20H,1-14H2. The van der Waals surface area contributed by atoms with Crippen LogP contribution in [0.3, 0.4) is 0 Å². The van der Waals surface area contributed by atoms with E-state index in [1.807, 2.05) is 0 Å². The van der Waals surface area contributed by atoms with Gasteiger partial charge in [-0.1, -0.05) is 32.3 Å². The summed E-state index contributed by atoms with van der Waals surface area (Å²) in [5.41, 5.74) is 1.21. The minimum atomic E-state index is -0.190. The highest BCUT2D eigenvalue weighted by Crippen LogP contribution is 2.33. The Morgan fingerprint density at radius 3 is 2.43 bits per heavy atom. The number of Topliss-reactive ketones (excluding diaryl/α,β-unsaturated/α-hetero) is 1. The average molecular weight is 320 g/mol. The van der Waals surface area contributed by atoms with Gasteiger partial charge in [0.15, 0.2) is 5.78 Å². The van der Waals surface area contributed by atoms with Crippen molar-refractivity contribution >= 4 is 5.78 Å². The molecule has 0 aromatic heterocycles. The Morgan fingerprint density at radius 1 is 0.913 bits per heavy atom. The minimum Gasteiger partial charge on any atom is -0.378 e. The molecule has 0 spiro atoms. The molecule has 2 heterocycles. The third-order valence-corrected chi connectivity index (χ3v) is 5.92. The van der Waals surface area contributed by atoms with Crippen LogP contribution < -0.4 is 0 Å². The summed E-state index contributed by atoms with van der Waals surface area (Å²) in [5, 5.41) is 0. The molecule has 0 aromatic carbocycles. The van der Waals surface area contributed by atoms with Crippen LogP contribution >= 0.6 is 0 Å². The third kappa shape index (κ3) is 4.90. The van der Waals surface area contributed by atoms with Crippen LogP contribution in [-0.2, 0) is 14.3 Å². The molecular formula is C20H32O3. The number of carbonyl (C=O) groups is 1. The first-order chi connectivity index (χ1) is 11.2. The van der Waals surface area contributed by atoms with Crippen molar-refractivity contribution in [3.63, 3.8) is 0 Å². The van der Waals surface area contributed by atoms with Crippen molar-refractivity contribution in [1.82, 2.24) is 0 Å². The first kappa shape index (κ1) is 17.2. The van der Waals surface area contributed by atoms with E-state index in [0.29, 0.717) is 12.5 Å². The molecule has 3 heteroatoms. The molecule has 2 aliphatic heterocycles. The first-order valence-electron chi connectivity index (χ1n) is 9.70. The van der Waals surface area contributed by atoms with Gasteiger partial charge in [0.2, 0.25) is 0 Å². The Bertz CT molecular complexity index is 367. The smallest absolute Gasteiger partial charge is 0.161 e. The van der Waals surface area contributed by atoms with Crippen molar-refractivity contribution in [3.05, 3.63) is 12.2 Å². The van der Waals surface area contributed by atoms with Crippen molar-refractivity contribution in [2.75, 3.05) is 6.61 Å². The Kier molecular flexibility index (Phi) is 6.29. The molecule has 0 N–H and O–H groups in total. The van der Waals surface area contributed by atoms with E-state index in [-0.39, 0.29) is 18.0 Å². The number of ether oxygens (including phenoxy) is 2. The average Bonchev–Trinajstić information content (AvgIpc) is 3.32. The maximum Gasteiger partial charge on any atom is 0.161 e. The van der Waals surface area contributed by atoms with Gasteiger partial charge < -0.3 is 9.47 Å². The molecule has 2 saturated heterocycles. The second-order valence-corrected chi connectivity index (χ2v) is 7.68. The van der Waals surface area contributed by atoms with Crippen LogP contribution in [-0.4, -0.2) is 30.7 Å². The van der Waals surface area contributed by atoms with Crippen molar-refractivity contribution < 1.29 is 14.3 Å². The third-order valence-electron chi connectivity index (χ3n) is 5.92. The number of carbonyl (C=O) groups excluding carboxylic acids is 1. The van der Waals surface area contributed by atoms with Gasteiger partial charge in [0.05, 0.1) is 12.2 Å². The van der Waals surface area contributed by atoms with E-state index in [1.54, 1.807) is 0 Å². The van der Waals surface area contributed by atoms with Gasteiger partial charge in [0.1, 0.15) is 6.10 Å². The number of rotatable bonds is 8. The topological polar surface area (TPSA) is 35.5 Å². The number of ketones is 1. The lowest BCUT2D eigenvalue weighted by Gasteiger charge is -2.17. The Labute approximate surface area is 140 Å². The van der Waals surface area contributed by atoms with E-state index in [0.717, 1.165) is 51.0 Å². The summed E-state index contributed by atoms with van der Waals surface area (Å²) in [6.45, 7) is 5.11. The zero-order valence-corrected chi connectivity index (χ0v) is 14.4. The summed E-state index contributed by atoms with van der Waals surface area (Å²) in [6.07, 6.45) is 13.7. The zero-order valence-electron chi connectivity index (χ0n) is 14.4. The van der Waals surface area contributed by atoms with Gasteiger partial charge in [-0.25, -0.2) is 0 Å². The second-order valence-electron chi connectivity index (χ2n) is 7.68. The molecule has 3 aliphatic rings. The molecule has 1 saturated carbocycles. The van der Waals surface area contributed by atoms with Crippen LogP contribution in [0.5, 0.6) is 0 Å². The van der Waals surface area contributed by atoms with Gasteiger partial charge >= 0.3 is 0 Å². The molecule has 3 atom stereocenters. The van der Waals surface area contributed by atoms with Gasteiger partial charge in [-0.2, -0.15) is 0 Å². The molecule has 3 unspecified atom stereocenters. The second kappa shape index (κ2) is 8.43. The molecule has 23 heavy (non-hydrogen) atoms. The van der Waals surface area contributed by atoms with Crippen molar-refractivity contribution in [3.8, 4) is 0 Å². The SMILES string of the molecule is C=C(CCC1CCCC1)C1CCC(C(=O)CCC2CCCO2)O1. The Balaban J connectivity index is 1.35. The summed E-state index contributed by atoms with van der Waals surface area (Å²) >= 11 is 0. The van der Waals surface area contributed by atoms with E-state index >= 15 is 0 Å². The van der Waals surface area contributed by atoms with Gasteiger partial charge in [-0.3, -0.25) is 4.79 Å². The minimum absolute atomic E-state index is 0.119. The fraction of sp³-hybridized carbons (Fsp3) is 0.850. The van der Waals surface area contributed by atoms with Gasteiger partial charge in [-0.05, 0) is 56.4 Å². The molecule has 0 amide bonds. The van der Waals surface area contributed by atoms with Crippen LogP contribution in [0.1, 0.15) is 77.0 Å². The summed E-state index contributed by atoms with van der Waals surface area (Å²) in [7, 11) is 0. The maximum atomic E-state index is 12.3. The molecule has 0 radical (unpaired) electrons. The molecule has 1 aliphatic carbocycles. The number of hydrogen-bond acceptors (Lipinski definition) is 3. The molecule has 130 valence electrons.